The summed E-state index contributed by atoms with van der Waals surface area (Å²) < 4.78 is 30.4. The quantitative estimate of drug-likeness (QED) is 0.275. The highest BCUT2D eigenvalue weighted by Gasteiger charge is 2.33. The van der Waals surface area contributed by atoms with E-state index in [9.17, 15) is 18.0 Å². The molecule has 0 spiro atoms. The molecule has 1 atom stereocenters. The van der Waals surface area contributed by atoms with Crippen molar-refractivity contribution < 1.29 is 18.0 Å². The molecule has 0 bridgehead atoms. The Morgan fingerprint density at radius 1 is 0.950 bits per heavy atom. The Kier molecular flexibility index (Phi) is 10.1. The van der Waals surface area contributed by atoms with E-state index >= 15 is 0 Å². The number of carbonyl (C=O) groups is 2. The molecule has 1 saturated carbocycles. The minimum Gasteiger partial charge on any atom is -0.352 e. The molecule has 3 aromatic carbocycles. The second-order valence-corrected chi connectivity index (χ2v) is 13.8. The van der Waals surface area contributed by atoms with Gasteiger partial charge in [0, 0.05) is 21.5 Å². The topological polar surface area (TPSA) is 86.8 Å². The van der Waals surface area contributed by atoms with Crippen LogP contribution in [0.2, 0.25) is 0 Å². The maximum absolute atomic E-state index is 14.0. The van der Waals surface area contributed by atoms with Gasteiger partial charge in [-0.25, -0.2) is 8.42 Å². The van der Waals surface area contributed by atoms with Gasteiger partial charge in [-0.05, 0) is 74.7 Å². The third-order valence-corrected chi connectivity index (χ3v) is 9.87. The lowest BCUT2D eigenvalue weighted by molar-refractivity contribution is -0.139. The molecule has 0 saturated heterocycles. The number of benzene rings is 3. The van der Waals surface area contributed by atoms with Crippen LogP contribution in [0.3, 0.4) is 0 Å². The fourth-order valence-electron chi connectivity index (χ4n) is 4.80. The van der Waals surface area contributed by atoms with Crippen molar-refractivity contribution >= 4 is 59.4 Å². The fourth-order valence-corrected chi connectivity index (χ4v) is 7.04. The van der Waals surface area contributed by atoms with Crippen LogP contribution in [-0.2, 0) is 26.2 Å². The molecular weight excluding hydrogens is 658 g/mol. The lowest BCUT2D eigenvalue weighted by Gasteiger charge is -2.32. The van der Waals surface area contributed by atoms with Gasteiger partial charge < -0.3 is 10.2 Å². The molecule has 0 radical (unpaired) electrons. The number of aryl methyl sites for hydroxylation is 1. The molecule has 0 aromatic heterocycles. The van der Waals surface area contributed by atoms with E-state index in [4.69, 9.17) is 0 Å². The number of hydrogen-bond acceptors (Lipinski definition) is 4. The van der Waals surface area contributed by atoms with Crippen LogP contribution in [0, 0.1) is 6.92 Å². The van der Waals surface area contributed by atoms with Crippen LogP contribution < -0.4 is 9.62 Å². The first-order valence-electron chi connectivity index (χ1n) is 13.2. The molecule has 0 aliphatic heterocycles. The number of amides is 2. The molecule has 7 nitrogen and oxygen atoms in total. The zero-order chi connectivity index (χ0) is 28.9. The maximum Gasteiger partial charge on any atom is 0.264 e. The summed E-state index contributed by atoms with van der Waals surface area (Å²) in [6.07, 6.45) is 3.98. The van der Waals surface area contributed by atoms with Crippen molar-refractivity contribution in [2.24, 2.45) is 0 Å². The first kappa shape index (κ1) is 30.3. The second-order valence-electron chi connectivity index (χ2n) is 10.1. The van der Waals surface area contributed by atoms with Gasteiger partial charge in [0.15, 0.2) is 0 Å². The van der Waals surface area contributed by atoms with Crippen LogP contribution in [0.4, 0.5) is 5.69 Å². The summed E-state index contributed by atoms with van der Waals surface area (Å²) >= 11 is 6.89. The van der Waals surface area contributed by atoms with Gasteiger partial charge in [-0.3, -0.25) is 13.9 Å². The molecule has 0 unspecified atom stereocenters. The van der Waals surface area contributed by atoms with Crippen molar-refractivity contribution in [3.63, 3.8) is 0 Å². The van der Waals surface area contributed by atoms with Crippen LogP contribution >= 0.6 is 31.9 Å². The predicted octanol–water partition coefficient (Wildman–Crippen LogP) is 6.19. The van der Waals surface area contributed by atoms with Gasteiger partial charge in [0.1, 0.15) is 12.6 Å². The molecular formula is C30H33Br2N3O4S. The van der Waals surface area contributed by atoms with E-state index < -0.39 is 28.5 Å². The smallest absolute Gasteiger partial charge is 0.264 e. The normalized spacial score (nSPS) is 14.5. The zero-order valence-electron chi connectivity index (χ0n) is 22.5. The summed E-state index contributed by atoms with van der Waals surface area (Å²) in [5.74, 6) is -0.727. The lowest BCUT2D eigenvalue weighted by atomic mass is 10.1. The third-order valence-electron chi connectivity index (χ3n) is 7.09. The molecule has 40 heavy (non-hydrogen) atoms. The molecule has 1 aliphatic rings. The Morgan fingerprint density at radius 3 is 2.20 bits per heavy atom. The van der Waals surface area contributed by atoms with Crippen molar-refractivity contribution in [2.75, 3.05) is 10.8 Å². The molecule has 0 heterocycles. The standard InChI is InChI=1S/C30H33Br2N3O4S/c1-21-13-15-28(16-14-21)40(38,39)35(27-12-6-9-25(32)18-27)20-29(36)34(19-23-7-5-8-24(31)17-23)22(2)30(37)33-26-10-3-4-11-26/h5-9,12-18,22,26H,3-4,10-11,19-20H2,1-2H3,(H,33,37)/t22-/m0/s1. The highest BCUT2D eigenvalue weighted by molar-refractivity contribution is 9.10. The molecule has 1 N–H and O–H groups in total. The van der Waals surface area contributed by atoms with Crippen LogP contribution in [0.1, 0.15) is 43.7 Å². The molecule has 4 rings (SSSR count). The van der Waals surface area contributed by atoms with Gasteiger partial charge in [-0.2, -0.15) is 0 Å². The van der Waals surface area contributed by atoms with Crippen molar-refractivity contribution in [3.05, 3.63) is 92.9 Å². The molecule has 1 aliphatic carbocycles. The number of halogens is 2. The molecule has 10 heteroatoms. The number of anilines is 1. The molecule has 2 amide bonds. The predicted molar refractivity (Wildman–Crippen MR) is 164 cm³/mol. The zero-order valence-corrected chi connectivity index (χ0v) is 26.5. The van der Waals surface area contributed by atoms with Gasteiger partial charge >= 0.3 is 0 Å². The Bertz CT molecular complexity index is 1460. The summed E-state index contributed by atoms with van der Waals surface area (Å²) in [4.78, 5) is 28.9. The van der Waals surface area contributed by atoms with Crippen LogP contribution in [0.15, 0.2) is 86.6 Å². The van der Waals surface area contributed by atoms with Crippen LogP contribution in [-0.4, -0.2) is 43.8 Å². The van der Waals surface area contributed by atoms with Crippen LogP contribution in [0.5, 0.6) is 0 Å². The minimum atomic E-state index is -4.10. The van der Waals surface area contributed by atoms with Gasteiger partial charge in [0.05, 0.1) is 10.6 Å². The van der Waals surface area contributed by atoms with Crippen molar-refractivity contribution in [1.82, 2.24) is 10.2 Å². The summed E-state index contributed by atoms with van der Waals surface area (Å²) in [6, 6.07) is 20.1. The van der Waals surface area contributed by atoms with E-state index in [1.807, 2.05) is 31.2 Å². The Hall–Kier alpha value is -2.69. The van der Waals surface area contributed by atoms with E-state index in [0.29, 0.717) is 10.2 Å². The van der Waals surface area contributed by atoms with Gasteiger partial charge in [0.2, 0.25) is 11.8 Å². The van der Waals surface area contributed by atoms with Gasteiger partial charge in [-0.1, -0.05) is 80.6 Å². The summed E-state index contributed by atoms with van der Waals surface area (Å²) in [7, 11) is -4.10. The van der Waals surface area contributed by atoms with E-state index in [2.05, 4.69) is 37.2 Å². The number of nitrogens with zero attached hydrogens (tertiary/aromatic N) is 2. The Balaban J connectivity index is 1.69. The van der Waals surface area contributed by atoms with Gasteiger partial charge in [0.25, 0.3) is 10.0 Å². The average Bonchev–Trinajstić information content (AvgIpc) is 3.43. The molecule has 212 valence electrons. The van der Waals surface area contributed by atoms with Crippen LogP contribution in [0.25, 0.3) is 0 Å². The summed E-state index contributed by atoms with van der Waals surface area (Å²) in [5, 5.41) is 3.08. The highest BCUT2D eigenvalue weighted by atomic mass is 79.9. The number of rotatable bonds is 10. The number of nitrogens with one attached hydrogen (secondary N) is 1. The summed E-state index contributed by atoms with van der Waals surface area (Å²) in [5.41, 5.74) is 2.08. The van der Waals surface area contributed by atoms with E-state index in [1.54, 1.807) is 43.3 Å². The minimum absolute atomic E-state index is 0.0800. The lowest BCUT2D eigenvalue weighted by Crippen LogP contribution is -2.52. The van der Waals surface area contributed by atoms with E-state index in [0.717, 1.165) is 45.6 Å². The highest BCUT2D eigenvalue weighted by Crippen LogP contribution is 2.27. The van der Waals surface area contributed by atoms with Crippen molar-refractivity contribution in [2.45, 2.75) is 63.1 Å². The number of hydrogen-bond donors (Lipinski definition) is 1. The monoisotopic (exact) mass is 689 g/mol. The molecule has 3 aromatic rings. The van der Waals surface area contributed by atoms with E-state index in [1.165, 1.54) is 17.0 Å². The van der Waals surface area contributed by atoms with Gasteiger partial charge in [-0.15, -0.1) is 0 Å². The average molecular weight is 691 g/mol. The second kappa shape index (κ2) is 13.3. The number of sulfonamides is 1. The largest absolute Gasteiger partial charge is 0.352 e. The SMILES string of the molecule is Cc1ccc(S(=O)(=O)N(CC(=O)N(Cc2cccc(Br)c2)[C@@H](C)C(=O)NC2CCCC2)c2cccc(Br)c2)cc1. The Labute approximate surface area is 253 Å². The third kappa shape index (κ3) is 7.53. The maximum atomic E-state index is 14.0. The van der Waals surface area contributed by atoms with E-state index in [-0.39, 0.29) is 23.4 Å². The molecule has 1 fully saturated rings. The van der Waals surface area contributed by atoms with Crippen molar-refractivity contribution in [1.29, 1.82) is 0 Å². The van der Waals surface area contributed by atoms with Crippen molar-refractivity contribution in [3.8, 4) is 0 Å². The summed E-state index contributed by atoms with van der Waals surface area (Å²) in [6.45, 7) is 3.25. The first-order valence-corrected chi connectivity index (χ1v) is 16.3. The first-order chi connectivity index (χ1) is 19.0. The number of carbonyl (C=O) groups excluding carboxylic acids is 2. The Morgan fingerprint density at radius 2 is 1.57 bits per heavy atom. The fraction of sp³-hybridized carbons (Fsp3) is 0.333.